The van der Waals surface area contributed by atoms with Gasteiger partial charge in [0.25, 0.3) is 0 Å². The highest BCUT2D eigenvalue weighted by Gasteiger charge is 2.22. The standard InChI is InChI=1S/C14H29N3O2S/c1-9(2)11(10(3)4)8-16-13(18)12(6-7-20-5)17-14(15)19/h9-12H,6-8H2,1-5H3,(H,16,18)(H3,15,17,19). The van der Waals surface area contributed by atoms with E-state index in [0.29, 0.717) is 30.7 Å². The number of amides is 3. The molecule has 0 radical (unpaired) electrons. The van der Waals surface area contributed by atoms with Gasteiger partial charge in [0.1, 0.15) is 6.04 Å². The predicted molar refractivity (Wildman–Crippen MR) is 85.7 cm³/mol. The van der Waals surface area contributed by atoms with Gasteiger partial charge in [-0.15, -0.1) is 0 Å². The lowest BCUT2D eigenvalue weighted by Gasteiger charge is -2.26. The maximum Gasteiger partial charge on any atom is 0.312 e. The first kappa shape index (κ1) is 19.1. The first-order valence-electron chi connectivity index (χ1n) is 7.12. The molecule has 20 heavy (non-hydrogen) atoms. The van der Waals surface area contributed by atoms with E-state index in [4.69, 9.17) is 5.73 Å². The lowest BCUT2D eigenvalue weighted by molar-refractivity contribution is -0.123. The average Bonchev–Trinajstić information content (AvgIpc) is 2.33. The summed E-state index contributed by atoms with van der Waals surface area (Å²) in [5.74, 6) is 2.09. The minimum atomic E-state index is -0.657. The number of hydrogen-bond donors (Lipinski definition) is 3. The van der Waals surface area contributed by atoms with E-state index in [0.717, 1.165) is 5.75 Å². The topological polar surface area (TPSA) is 84.2 Å². The lowest BCUT2D eigenvalue weighted by atomic mass is 9.85. The van der Waals surface area contributed by atoms with Gasteiger partial charge >= 0.3 is 6.03 Å². The first-order valence-corrected chi connectivity index (χ1v) is 8.51. The van der Waals surface area contributed by atoms with Crippen molar-refractivity contribution in [2.75, 3.05) is 18.6 Å². The Kier molecular flexibility index (Phi) is 9.46. The Hall–Kier alpha value is -0.910. The van der Waals surface area contributed by atoms with Crippen LogP contribution in [0.3, 0.4) is 0 Å². The van der Waals surface area contributed by atoms with Gasteiger partial charge in [-0.25, -0.2) is 4.79 Å². The van der Waals surface area contributed by atoms with E-state index < -0.39 is 12.1 Å². The van der Waals surface area contributed by atoms with Crippen LogP contribution in [0.15, 0.2) is 0 Å². The summed E-state index contributed by atoms with van der Waals surface area (Å²) >= 11 is 1.64. The van der Waals surface area contributed by atoms with Gasteiger partial charge in [-0.3, -0.25) is 4.79 Å². The highest BCUT2D eigenvalue weighted by Crippen LogP contribution is 2.19. The zero-order valence-corrected chi connectivity index (χ0v) is 14.0. The fourth-order valence-electron chi connectivity index (χ4n) is 2.26. The van der Waals surface area contributed by atoms with Crippen molar-refractivity contribution in [3.05, 3.63) is 0 Å². The number of carbonyl (C=O) groups is 2. The second-order valence-electron chi connectivity index (χ2n) is 5.74. The smallest absolute Gasteiger partial charge is 0.312 e. The van der Waals surface area contributed by atoms with Crippen molar-refractivity contribution in [2.24, 2.45) is 23.5 Å². The van der Waals surface area contributed by atoms with Crippen molar-refractivity contribution in [3.8, 4) is 0 Å². The molecule has 6 heteroatoms. The number of thioether (sulfide) groups is 1. The zero-order valence-electron chi connectivity index (χ0n) is 13.2. The van der Waals surface area contributed by atoms with Gasteiger partial charge in [0, 0.05) is 6.54 Å². The molecule has 0 rings (SSSR count). The molecular formula is C14H29N3O2S. The fourth-order valence-corrected chi connectivity index (χ4v) is 2.73. The highest BCUT2D eigenvalue weighted by molar-refractivity contribution is 7.98. The van der Waals surface area contributed by atoms with Crippen LogP contribution in [0, 0.1) is 17.8 Å². The summed E-state index contributed by atoms with van der Waals surface area (Å²) in [4.78, 5) is 23.1. The van der Waals surface area contributed by atoms with E-state index in [2.05, 4.69) is 38.3 Å². The normalized spacial score (nSPS) is 12.8. The first-order chi connectivity index (χ1) is 9.29. The van der Waals surface area contributed by atoms with Crippen molar-refractivity contribution in [2.45, 2.75) is 40.2 Å². The molecule has 0 aromatic carbocycles. The maximum absolute atomic E-state index is 12.1. The molecule has 3 amide bonds. The van der Waals surface area contributed by atoms with E-state index >= 15 is 0 Å². The Bertz CT molecular complexity index is 301. The summed E-state index contributed by atoms with van der Waals surface area (Å²) in [5.41, 5.74) is 5.12. The molecule has 4 N–H and O–H groups in total. The maximum atomic E-state index is 12.1. The van der Waals surface area contributed by atoms with Crippen LogP contribution in [-0.4, -0.2) is 36.5 Å². The molecule has 0 saturated carbocycles. The third kappa shape index (κ3) is 7.62. The molecule has 1 atom stereocenters. The molecule has 0 saturated heterocycles. The third-order valence-corrected chi connectivity index (χ3v) is 4.11. The molecule has 0 bridgehead atoms. The summed E-state index contributed by atoms with van der Waals surface area (Å²) in [6.45, 7) is 9.26. The molecule has 1 unspecified atom stereocenters. The van der Waals surface area contributed by atoms with Crippen molar-refractivity contribution >= 4 is 23.7 Å². The summed E-state index contributed by atoms with van der Waals surface area (Å²) in [7, 11) is 0. The quantitative estimate of drug-likeness (QED) is 0.607. The molecule has 118 valence electrons. The number of hydrogen-bond acceptors (Lipinski definition) is 3. The molecule has 5 nitrogen and oxygen atoms in total. The molecule has 0 heterocycles. The van der Waals surface area contributed by atoms with Crippen LogP contribution in [-0.2, 0) is 4.79 Å². The third-order valence-electron chi connectivity index (χ3n) is 3.47. The summed E-state index contributed by atoms with van der Waals surface area (Å²) in [6.07, 6.45) is 2.55. The van der Waals surface area contributed by atoms with Crippen molar-refractivity contribution < 1.29 is 9.59 Å². The predicted octanol–water partition coefficient (Wildman–Crippen LogP) is 1.82. The van der Waals surface area contributed by atoms with Gasteiger partial charge in [-0.1, -0.05) is 27.7 Å². The minimum absolute atomic E-state index is 0.149. The number of carbonyl (C=O) groups excluding carboxylic acids is 2. The van der Waals surface area contributed by atoms with Crippen LogP contribution < -0.4 is 16.4 Å². The van der Waals surface area contributed by atoms with Gasteiger partial charge in [-0.2, -0.15) is 11.8 Å². The number of primary amides is 1. The van der Waals surface area contributed by atoms with E-state index in [-0.39, 0.29) is 5.91 Å². The number of urea groups is 1. The Morgan fingerprint density at radius 3 is 2.10 bits per heavy atom. The van der Waals surface area contributed by atoms with Crippen molar-refractivity contribution in [1.29, 1.82) is 0 Å². The number of nitrogens with one attached hydrogen (secondary N) is 2. The zero-order chi connectivity index (χ0) is 15.7. The molecule has 0 spiro atoms. The molecule has 0 aliphatic rings. The van der Waals surface area contributed by atoms with Crippen LogP contribution >= 0.6 is 11.8 Å². The number of rotatable bonds is 9. The summed E-state index contributed by atoms with van der Waals surface area (Å²) in [6, 6.07) is -1.20. The molecular weight excluding hydrogens is 274 g/mol. The van der Waals surface area contributed by atoms with Crippen molar-refractivity contribution in [3.63, 3.8) is 0 Å². The van der Waals surface area contributed by atoms with Crippen LogP contribution in [0.2, 0.25) is 0 Å². The van der Waals surface area contributed by atoms with Crippen LogP contribution in [0.5, 0.6) is 0 Å². The lowest BCUT2D eigenvalue weighted by Crippen LogP contribution is -2.50. The molecule has 0 aliphatic heterocycles. The highest BCUT2D eigenvalue weighted by atomic mass is 32.2. The van der Waals surface area contributed by atoms with Gasteiger partial charge in [0.05, 0.1) is 0 Å². The number of nitrogens with two attached hydrogens (primary N) is 1. The Balaban J connectivity index is 4.46. The van der Waals surface area contributed by atoms with E-state index in [9.17, 15) is 9.59 Å². The van der Waals surface area contributed by atoms with Crippen LogP contribution in [0.1, 0.15) is 34.1 Å². The van der Waals surface area contributed by atoms with Gasteiger partial charge in [0.15, 0.2) is 0 Å². The van der Waals surface area contributed by atoms with Crippen LogP contribution in [0.4, 0.5) is 4.79 Å². The fraction of sp³-hybridized carbons (Fsp3) is 0.857. The molecule has 0 aromatic rings. The Morgan fingerprint density at radius 2 is 1.70 bits per heavy atom. The largest absolute Gasteiger partial charge is 0.354 e. The SMILES string of the molecule is CSCCC(NC(N)=O)C(=O)NCC(C(C)C)C(C)C. The molecule has 0 aliphatic carbocycles. The molecule has 0 fully saturated rings. The second kappa shape index (κ2) is 9.91. The molecule has 0 aromatic heterocycles. The monoisotopic (exact) mass is 303 g/mol. The van der Waals surface area contributed by atoms with Gasteiger partial charge in [0.2, 0.25) is 5.91 Å². The van der Waals surface area contributed by atoms with Gasteiger partial charge in [-0.05, 0) is 36.2 Å². The summed E-state index contributed by atoms with van der Waals surface area (Å²) in [5, 5.41) is 5.45. The van der Waals surface area contributed by atoms with E-state index in [1.165, 1.54) is 0 Å². The van der Waals surface area contributed by atoms with Crippen LogP contribution in [0.25, 0.3) is 0 Å². The van der Waals surface area contributed by atoms with Gasteiger partial charge < -0.3 is 16.4 Å². The van der Waals surface area contributed by atoms with E-state index in [1.54, 1.807) is 11.8 Å². The summed E-state index contributed by atoms with van der Waals surface area (Å²) < 4.78 is 0. The second-order valence-corrected chi connectivity index (χ2v) is 6.73. The Labute approximate surface area is 126 Å². The average molecular weight is 303 g/mol. The van der Waals surface area contributed by atoms with Crippen molar-refractivity contribution in [1.82, 2.24) is 10.6 Å². The Morgan fingerprint density at radius 1 is 1.15 bits per heavy atom. The van der Waals surface area contributed by atoms with E-state index in [1.807, 2.05) is 6.26 Å². The minimum Gasteiger partial charge on any atom is -0.354 e.